The van der Waals surface area contributed by atoms with Gasteiger partial charge < -0.3 is 9.88 Å². The Balaban J connectivity index is 0.00000208. The smallest absolute Gasteiger partial charge is 0.243 e. The Bertz CT molecular complexity index is 828. The summed E-state index contributed by atoms with van der Waals surface area (Å²) >= 11 is 0. The van der Waals surface area contributed by atoms with E-state index < -0.39 is 27.7 Å². The molecule has 24 heavy (non-hydrogen) atoms. The quantitative estimate of drug-likeness (QED) is 0.878. The minimum Gasteiger partial charge on any atom is -0.337 e. The number of imidazole rings is 1. The van der Waals surface area contributed by atoms with Crippen LogP contribution in [0, 0.1) is 11.6 Å². The Labute approximate surface area is 145 Å². The van der Waals surface area contributed by atoms with E-state index in [1.165, 1.54) is 4.31 Å². The van der Waals surface area contributed by atoms with Crippen molar-refractivity contribution in [2.24, 2.45) is 7.05 Å². The third kappa shape index (κ3) is 3.30. The number of nitrogens with zero attached hydrogens (tertiary/aromatic N) is 3. The summed E-state index contributed by atoms with van der Waals surface area (Å²) in [6.45, 7) is 1.09. The van der Waals surface area contributed by atoms with Gasteiger partial charge in [-0.1, -0.05) is 0 Å². The summed E-state index contributed by atoms with van der Waals surface area (Å²) in [6, 6.07) is 2.09. The van der Waals surface area contributed by atoms with Gasteiger partial charge in [0.05, 0.1) is 10.9 Å². The molecular formula is C14H17ClF2N4O2S. The SMILES string of the molecule is Cl.Cn1ccnc1C1CNCCN1S(=O)(=O)c1ccc(F)c(F)c1. The van der Waals surface area contributed by atoms with Crippen molar-refractivity contribution in [1.29, 1.82) is 0 Å². The molecule has 0 bridgehead atoms. The second-order valence-electron chi connectivity index (χ2n) is 5.31. The predicted octanol–water partition coefficient (Wildman–Crippen LogP) is 1.46. The van der Waals surface area contributed by atoms with Gasteiger partial charge in [0.15, 0.2) is 11.6 Å². The molecule has 1 aliphatic heterocycles. The molecule has 0 amide bonds. The number of benzene rings is 1. The van der Waals surface area contributed by atoms with Gasteiger partial charge >= 0.3 is 0 Å². The van der Waals surface area contributed by atoms with Gasteiger partial charge in [-0.2, -0.15) is 4.31 Å². The highest BCUT2D eigenvalue weighted by molar-refractivity contribution is 7.89. The van der Waals surface area contributed by atoms with Crippen molar-refractivity contribution in [1.82, 2.24) is 19.2 Å². The minimum absolute atomic E-state index is 0. The van der Waals surface area contributed by atoms with E-state index in [1.807, 2.05) is 0 Å². The van der Waals surface area contributed by atoms with E-state index in [4.69, 9.17) is 0 Å². The van der Waals surface area contributed by atoms with Crippen LogP contribution in [0.25, 0.3) is 0 Å². The fourth-order valence-corrected chi connectivity index (χ4v) is 4.26. The van der Waals surface area contributed by atoms with Gasteiger partial charge in [-0.3, -0.25) is 0 Å². The molecule has 132 valence electrons. The molecule has 3 rings (SSSR count). The lowest BCUT2D eigenvalue weighted by atomic mass is 10.2. The van der Waals surface area contributed by atoms with Crippen LogP contribution in [0.5, 0.6) is 0 Å². The molecule has 1 aromatic carbocycles. The monoisotopic (exact) mass is 378 g/mol. The average molecular weight is 379 g/mol. The number of piperazine rings is 1. The molecule has 10 heteroatoms. The van der Waals surface area contributed by atoms with Gasteiger partial charge in [-0.05, 0) is 18.2 Å². The lowest BCUT2D eigenvalue weighted by Crippen LogP contribution is -2.49. The Morgan fingerprint density at radius 2 is 2.04 bits per heavy atom. The fraction of sp³-hybridized carbons (Fsp3) is 0.357. The number of rotatable bonds is 3. The molecule has 1 aliphatic rings. The first kappa shape index (κ1) is 18.8. The van der Waals surface area contributed by atoms with Crippen LogP contribution in [0.15, 0.2) is 35.5 Å². The van der Waals surface area contributed by atoms with Crippen molar-refractivity contribution < 1.29 is 17.2 Å². The van der Waals surface area contributed by atoms with Crippen LogP contribution in [0.4, 0.5) is 8.78 Å². The number of sulfonamides is 1. The van der Waals surface area contributed by atoms with Crippen LogP contribution in [-0.2, 0) is 17.1 Å². The standard InChI is InChI=1S/C14H16F2N4O2S.ClH/c1-19-6-5-18-14(19)13-9-17-4-7-20(13)23(21,22)10-2-3-11(15)12(16)8-10;/h2-3,5-6,8,13,17H,4,7,9H2,1H3;1H. The largest absolute Gasteiger partial charge is 0.337 e. The average Bonchev–Trinajstić information content (AvgIpc) is 2.96. The maximum Gasteiger partial charge on any atom is 0.243 e. The van der Waals surface area contributed by atoms with Gasteiger partial charge in [0.2, 0.25) is 10.0 Å². The molecule has 0 aliphatic carbocycles. The van der Waals surface area contributed by atoms with Crippen LogP contribution in [0.1, 0.15) is 11.9 Å². The third-order valence-electron chi connectivity index (χ3n) is 3.85. The first-order valence-electron chi connectivity index (χ1n) is 7.06. The summed E-state index contributed by atoms with van der Waals surface area (Å²) in [5.74, 6) is -1.68. The zero-order valence-corrected chi connectivity index (χ0v) is 14.4. The molecule has 6 nitrogen and oxygen atoms in total. The number of hydrogen-bond acceptors (Lipinski definition) is 4. The van der Waals surface area contributed by atoms with Crippen LogP contribution >= 0.6 is 12.4 Å². The van der Waals surface area contributed by atoms with Gasteiger partial charge in [0.1, 0.15) is 5.82 Å². The summed E-state index contributed by atoms with van der Waals surface area (Å²) < 4.78 is 55.2. The summed E-state index contributed by atoms with van der Waals surface area (Å²) in [6.07, 6.45) is 3.32. The zero-order valence-electron chi connectivity index (χ0n) is 12.8. The molecule has 0 spiro atoms. The molecular weight excluding hydrogens is 362 g/mol. The van der Waals surface area contributed by atoms with Gasteiger partial charge in [-0.25, -0.2) is 22.2 Å². The van der Waals surface area contributed by atoms with E-state index in [-0.39, 0.29) is 23.8 Å². The van der Waals surface area contributed by atoms with Crippen molar-refractivity contribution in [2.45, 2.75) is 10.9 Å². The lowest BCUT2D eigenvalue weighted by molar-refractivity contribution is 0.258. The highest BCUT2D eigenvalue weighted by Gasteiger charge is 2.36. The normalized spacial score (nSPS) is 19.0. The van der Waals surface area contributed by atoms with Crippen LogP contribution < -0.4 is 5.32 Å². The number of halogens is 3. The summed E-state index contributed by atoms with van der Waals surface area (Å²) in [5.41, 5.74) is 0. The molecule has 1 fully saturated rings. The summed E-state index contributed by atoms with van der Waals surface area (Å²) in [7, 11) is -2.18. The van der Waals surface area contributed by atoms with Crippen molar-refractivity contribution in [3.8, 4) is 0 Å². The van der Waals surface area contributed by atoms with Gasteiger partial charge in [-0.15, -0.1) is 12.4 Å². The molecule has 1 saturated heterocycles. The highest BCUT2D eigenvalue weighted by Crippen LogP contribution is 2.28. The van der Waals surface area contributed by atoms with Crippen LogP contribution in [0.3, 0.4) is 0 Å². The number of nitrogens with one attached hydrogen (secondary N) is 1. The van der Waals surface area contributed by atoms with Crippen LogP contribution in [-0.4, -0.2) is 41.9 Å². The summed E-state index contributed by atoms with van der Waals surface area (Å²) in [5, 5.41) is 3.13. The highest BCUT2D eigenvalue weighted by atomic mass is 35.5. The first-order valence-corrected chi connectivity index (χ1v) is 8.50. The maximum absolute atomic E-state index is 13.4. The lowest BCUT2D eigenvalue weighted by Gasteiger charge is -2.34. The van der Waals surface area contributed by atoms with Crippen molar-refractivity contribution in [3.63, 3.8) is 0 Å². The van der Waals surface area contributed by atoms with E-state index in [0.717, 1.165) is 12.1 Å². The fourth-order valence-electron chi connectivity index (χ4n) is 2.66. The zero-order chi connectivity index (χ0) is 16.6. The second-order valence-corrected chi connectivity index (χ2v) is 7.20. The molecule has 2 heterocycles. The first-order chi connectivity index (χ1) is 10.9. The number of aryl methyl sites for hydroxylation is 1. The molecule has 1 atom stereocenters. The Kier molecular flexibility index (Phi) is 5.59. The Morgan fingerprint density at radius 3 is 2.67 bits per heavy atom. The molecule has 1 N–H and O–H groups in total. The Morgan fingerprint density at radius 1 is 1.29 bits per heavy atom. The van der Waals surface area contributed by atoms with E-state index in [9.17, 15) is 17.2 Å². The van der Waals surface area contributed by atoms with E-state index >= 15 is 0 Å². The molecule has 1 unspecified atom stereocenters. The van der Waals surface area contributed by atoms with E-state index in [1.54, 1.807) is 24.0 Å². The van der Waals surface area contributed by atoms with Gasteiger partial charge in [0, 0.05) is 39.1 Å². The number of hydrogen-bond donors (Lipinski definition) is 1. The molecule has 2 aromatic rings. The maximum atomic E-state index is 13.4. The number of aromatic nitrogens is 2. The molecule has 1 aromatic heterocycles. The minimum atomic E-state index is -3.96. The topological polar surface area (TPSA) is 67.2 Å². The van der Waals surface area contributed by atoms with Crippen molar-refractivity contribution >= 4 is 22.4 Å². The molecule has 0 radical (unpaired) electrons. The van der Waals surface area contributed by atoms with Crippen LogP contribution in [0.2, 0.25) is 0 Å². The van der Waals surface area contributed by atoms with Crippen molar-refractivity contribution in [3.05, 3.63) is 48.1 Å². The second kappa shape index (κ2) is 7.14. The Hall–Kier alpha value is -1.55. The molecule has 0 saturated carbocycles. The van der Waals surface area contributed by atoms with Gasteiger partial charge in [0.25, 0.3) is 0 Å². The van der Waals surface area contributed by atoms with Crippen molar-refractivity contribution in [2.75, 3.05) is 19.6 Å². The van der Waals surface area contributed by atoms with E-state index in [2.05, 4.69) is 10.3 Å². The van der Waals surface area contributed by atoms with E-state index in [0.29, 0.717) is 25.0 Å². The summed E-state index contributed by atoms with van der Waals surface area (Å²) in [4.78, 5) is 3.95. The third-order valence-corrected chi connectivity index (χ3v) is 5.75. The predicted molar refractivity (Wildman–Crippen MR) is 86.3 cm³/mol.